The summed E-state index contributed by atoms with van der Waals surface area (Å²) in [6.45, 7) is 3.10. The van der Waals surface area contributed by atoms with Crippen LogP contribution < -0.4 is 0 Å². The highest BCUT2D eigenvalue weighted by Crippen LogP contribution is 2.48. The molecule has 2 aliphatic rings. The van der Waals surface area contributed by atoms with Gasteiger partial charge in [-0.1, -0.05) is 13.0 Å². The first-order valence-electron chi connectivity index (χ1n) is 5.36. The molecule has 1 aliphatic heterocycles. The molecule has 0 spiro atoms. The fourth-order valence-corrected chi connectivity index (χ4v) is 2.68. The Bertz CT molecular complexity index is 337. The molecule has 0 aromatic heterocycles. The van der Waals surface area contributed by atoms with Gasteiger partial charge in [0, 0.05) is 0 Å². The number of aliphatic hydroxyl groups is 3. The van der Waals surface area contributed by atoms with E-state index in [0.717, 1.165) is 0 Å². The summed E-state index contributed by atoms with van der Waals surface area (Å²) in [5, 5.41) is 29.5. The number of fused-ring (bicyclic) bond motifs is 2. The predicted octanol–water partition coefficient (Wildman–Crippen LogP) is -0.793. The molecular weight excluding hydrogens is 212 g/mol. The van der Waals surface area contributed by atoms with Gasteiger partial charge in [0.15, 0.2) is 0 Å². The van der Waals surface area contributed by atoms with E-state index in [9.17, 15) is 20.1 Å². The second kappa shape index (κ2) is 3.55. The third kappa shape index (κ3) is 1.19. The first kappa shape index (κ1) is 11.6. The highest BCUT2D eigenvalue weighted by atomic mass is 16.6. The molecule has 0 saturated carbocycles. The molecule has 5 nitrogen and oxygen atoms in total. The van der Waals surface area contributed by atoms with E-state index < -0.39 is 35.8 Å². The van der Waals surface area contributed by atoms with Gasteiger partial charge >= 0.3 is 5.97 Å². The van der Waals surface area contributed by atoms with E-state index in [1.165, 1.54) is 6.92 Å². The van der Waals surface area contributed by atoms with Crippen LogP contribution in [0.2, 0.25) is 0 Å². The summed E-state index contributed by atoms with van der Waals surface area (Å²) in [6.07, 6.45) is -0.905. The number of carbonyl (C=O) groups excluding carboxylic acids is 1. The topological polar surface area (TPSA) is 87.0 Å². The second-order valence-electron chi connectivity index (χ2n) is 4.61. The van der Waals surface area contributed by atoms with Crippen LogP contribution in [0.4, 0.5) is 0 Å². The Morgan fingerprint density at radius 3 is 2.62 bits per heavy atom. The van der Waals surface area contributed by atoms with Gasteiger partial charge in [0.05, 0.1) is 12.2 Å². The second-order valence-corrected chi connectivity index (χ2v) is 4.61. The van der Waals surface area contributed by atoms with Crippen molar-refractivity contribution in [2.24, 2.45) is 11.3 Å². The van der Waals surface area contributed by atoms with Crippen molar-refractivity contribution < 1.29 is 24.9 Å². The lowest BCUT2D eigenvalue weighted by Gasteiger charge is -2.40. The summed E-state index contributed by atoms with van der Waals surface area (Å²) in [5.41, 5.74) is -1.44. The van der Waals surface area contributed by atoms with Crippen LogP contribution in [0.25, 0.3) is 0 Å². The maximum absolute atomic E-state index is 11.9. The maximum atomic E-state index is 11.9. The Hall–Kier alpha value is -0.910. The van der Waals surface area contributed by atoms with Crippen molar-refractivity contribution in [2.75, 3.05) is 0 Å². The van der Waals surface area contributed by atoms with Crippen molar-refractivity contribution in [1.82, 2.24) is 0 Å². The fourth-order valence-electron chi connectivity index (χ4n) is 2.68. The molecule has 2 bridgehead atoms. The minimum atomic E-state index is -1.44. The highest BCUT2D eigenvalue weighted by Gasteiger charge is 2.65. The summed E-state index contributed by atoms with van der Waals surface area (Å²) in [4.78, 5) is 11.9. The smallest absolute Gasteiger partial charge is 0.318 e. The summed E-state index contributed by atoms with van der Waals surface area (Å²) in [6, 6.07) is 0. The Morgan fingerprint density at radius 2 is 2.06 bits per heavy atom. The number of esters is 1. The number of rotatable bonds is 2. The first-order valence-corrected chi connectivity index (χ1v) is 5.36. The zero-order valence-electron chi connectivity index (χ0n) is 9.20. The van der Waals surface area contributed by atoms with Gasteiger partial charge < -0.3 is 20.1 Å². The molecule has 3 N–H and O–H groups in total. The van der Waals surface area contributed by atoms with Crippen LogP contribution in [0, 0.1) is 11.3 Å². The molecule has 0 aromatic carbocycles. The van der Waals surface area contributed by atoms with Gasteiger partial charge in [-0.2, -0.15) is 0 Å². The number of carbonyl (C=O) groups is 1. The minimum Gasteiger partial charge on any atom is -0.455 e. The van der Waals surface area contributed by atoms with E-state index in [4.69, 9.17) is 4.74 Å². The van der Waals surface area contributed by atoms with Gasteiger partial charge in [-0.25, -0.2) is 0 Å². The maximum Gasteiger partial charge on any atom is 0.318 e. The summed E-state index contributed by atoms with van der Waals surface area (Å²) in [7, 11) is 0. The molecule has 2 rings (SSSR count). The Balaban J connectivity index is 2.49. The van der Waals surface area contributed by atoms with Gasteiger partial charge in [-0.3, -0.25) is 4.79 Å². The van der Waals surface area contributed by atoms with Crippen LogP contribution in [-0.4, -0.2) is 45.7 Å². The van der Waals surface area contributed by atoms with Crippen molar-refractivity contribution in [3.05, 3.63) is 12.2 Å². The number of allylic oxidation sites excluding steroid dienone is 1. The first-order chi connectivity index (χ1) is 7.42. The third-order valence-electron chi connectivity index (χ3n) is 3.69. The van der Waals surface area contributed by atoms with Crippen LogP contribution in [0.15, 0.2) is 12.2 Å². The van der Waals surface area contributed by atoms with E-state index in [1.54, 1.807) is 19.1 Å². The quantitative estimate of drug-likeness (QED) is 0.426. The van der Waals surface area contributed by atoms with Crippen LogP contribution in [0.1, 0.15) is 13.8 Å². The Morgan fingerprint density at radius 1 is 1.44 bits per heavy atom. The van der Waals surface area contributed by atoms with E-state index in [0.29, 0.717) is 0 Å². The molecule has 1 aliphatic carbocycles. The lowest BCUT2D eigenvalue weighted by molar-refractivity contribution is -0.165. The molecule has 16 heavy (non-hydrogen) atoms. The largest absolute Gasteiger partial charge is 0.455 e. The Kier molecular flexibility index (Phi) is 2.57. The lowest BCUT2D eigenvalue weighted by Crippen LogP contribution is -2.57. The molecule has 90 valence electrons. The number of ether oxygens (including phenoxy) is 1. The summed E-state index contributed by atoms with van der Waals surface area (Å²) < 4.78 is 5.00. The molecule has 1 saturated heterocycles. The van der Waals surface area contributed by atoms with Crippen LogP contribution in [-0.2, 0) is 9.53 Å². The van der Waals surface area contributed by atoms with Crippen molar-refractivity contribution in [2.45, 2.75) is 38.3 Å². The molecule has 1 heterocycles. The zero-order valence-corrected chi connectivity index (χ0v) is 9.20. The van der Waals surface area contributed by atoms with Crippen molar-refractivity contribution in [3.8, 4) is 0 Å². The van der Waals surface area contributed by atoms with Crippen molar-refractivity contribution >= 4 is 5.97 Å². The molecule has 0 amide bonds. The van der Waals surface area contributed by atoms with E-state index in [2.05, 4.69) is 0 Å². The lowest BCUT2D eigenvalue weighted by atomic mass is 9.64. The van der Waals surface area contributed by atoms with E-state index in [-0.39, 0.29) is 5.92 Å². The van der Waals surface area contributed by atoms with Crippen molar-refractivity contribution in [3.63, 3.8) is 0 Å². The normalized spacial score (nSPS) is 45.3. The minimum absolute atomic E-state index is 0.377. The monoisotopic (exact) mass is 228 g/mol. The van der Waals surface area contributed by atoms with Crippen LogP contribution >= 0.6 is 0 Å². The molecule has 5 heteroatoms. The van der Waals surface area contributed by atoms with E-state index in [1.807, 2.05) is 0 Å². The SMILES string of the molecule is C[C@@H](O)[C@@H](O)[C@]12C(=O)O[C@H](C=C[C@@H]1C)[C@H]2O. The average Bonchev–Trinajstić information content (AvgIpc) is 2.37. The summed E-state index contributed by atoms with van der Waals surface area (Å²) >= 11 is 0. The standard InChI is InChI=1S/C11H16O5/c1-5-3-4-7-9(14)11(5,10(15)16-7)8(13)6(2)12/h3-9,12-14H,1-2H3/t5-,6+,7+,8+,9+,11+/m0/s1. The van der Waals surface area contributed by atoms with Gasteiger partial charge in [-0.15, -0.1) is 0 Å². The third-order valence-corrected chi connectivity index (χ3v) is 3.69. The molecular formula is C11H16O5. The van der Waals surface area contributed by atoms with Gasteiger partial charge in [0.2, 0.25) is 0 Å². The van der Waals surface area contributed by atoms with Crippen LogP contribution in [0.3, 0.4) is 0 Å². The highest BCUT2D eigenvalue weighted by molar-refractivity contribution is 5.83. The van der Waals surface area contributed by atoms with Crippen molar-refractivity contribution in [1.29, 1.82) is 0 Å². The predicted molar refractivity (Wildman–Crippen MR) is 54.3 cm³/mol. The molecule has 0 aromatic rings. The van der Waals surface area contributed by atoms with Gasteiger partial charge in [0.1, 0.15) is 17.6 Å². The van der Waals surface area contributed by atoms with E-state index >= 15 is 0 Å². The Labute approximate surface area is 93.3 Å². The number of hydrogen-bond acceptors (Lipinski definition) is 5. The van der Waals surface area contributed by atoms with Crippen LogP contribution in [0.5, 0.6) is 0 Å². The molecule has 0 radical (unpaired) electrons. The number of hydrogen-bond donors (Lipinski definition) is 3. The molecule has 1 fully saturated rings. The summed E-state index contributed by atoms with van der Waals surface area (Å²) in [5.74, 6) is -1.02. The zero-order chi connectivity index (χ0) is 12.1. The van der Waals surface area contributed by atoms with Gasteiger partial charge in [-0.05, 0) is 18.9 Å². The molecule has 6 atom stereocenters. The fraction of sp³-hybridized carbons (Fsp3) is 0.727. The molecule has 0 unspecified atom stereocenters. The average molecular weight is 228 g/mol. The van der Waals surface area contributed by atoms with Gasteiger partial charge in [0.25, 0.3) is 0 Å². The number of aliphatic hydroxyl groups excluding tert-OH is 3.